The van der Waals surface area contributed by atoms with E-state index in [1.807, 2.05) is 0 Å². The van der Waals surface area contributed by atoms with Crippen LogP contribution in [-0.4, -0.2) is 87.7 Å². The molecule has 3 atom stereocenters. The summed E-state index contributed by atoms with van der Waals surface area (Å²) in [6.07, 6.45) is -10.5. The zero-order valence-electron chi connectivity index (χ0n) is 39.4. The smallest absolute Gasteiger partial charge is 0.435 e. The number of rotatable bonds is 13. The number of sulfonamides is 1. The maximum atomic E-state index is 15.8. The second-order valence-corrected chi connectivity index (χ2v) is 23.5. The first kappa shape index (κ1) is 55.5. The molecular formula is C46H42ClF10N7O8S2. The Morgan fingerprint density at radius 2 is 1.53 bits per heavy atom. The van der Waals surface area contributed by atoms with Crippen LogP contribution in [0.1, 0.15) is 86.4 Å². The number of carbonyl (C=O) groups excluding carboxylic acids is 2. The Labute approximate surface area is 420 Å². The SMILES string of the molecule is C[C@@H]1c2c(C(F)(F)F)nn(CC(=O)N[C@@H](Cc3cc(F)cc(F)c3)c3nc(C#CC(C)(C)S(C)(=O)=O)ccc3-c3ccc(Cl)c4c(N(C(=O)[C@H]5C[C@H](C(=O)O)C5)S(C)(=O)=O)nn(CC(F)(F)F)c34)c2C(F)(F)[C@@H]1C. The van der Waals surface area contributed by atoms with Gasteiger partial charge in [-0.05, 0) is 80.8 Å². The molecule has 5 aromatic rings. The number of carboxylic acid groups (broad SMARTS) is 1. The molecule has 2 N–H and O–H groups in total. The predicted molar refractivity (Wildman–Crippen MR) is 246 cm³/mol. The summed E-state index contributed by atoms with van der Waals surface area (Å²) in [6, 6.07) is 4.65. The van der Waals surface area contributed by atoms with Crippen molar-refractivity contribution < 1.29 is 80.2 Å². The number of alkyl halides is 8. The van der Waals surface area contributed by atoms with Gasteiger partial charge in [0.05, 0.1) is 39.8 Å². The summed E-state index contributed by atoms with van der Waals surface area (Å²) >= 11 is 6.65. The molecule has 0 bridgehead atoms. The van der Waals surface area contributed by atoms with Gasteiger partial charge in [0.2, 0.25) is 21.8 Å². The highest BCUT2D eigenvalue weighted by Crippen LogP contribution is 2.55. The van der Waals surface area contributed by atoms with Crippen molar-refractivity contribution in [2.75, 3.05) is 16.8 Å². The van der Waals surface area contributed by atoms with Crippen molar-refractivity contribution >= 4 is 66.0 Å². The maximum Gasteiger partial charge on any atom is 0.435 e. The van der Waals surface area contributed by atoms with E-state index >= 15 is 8.78 Å². The molecule has 3 heterocycles. The van der Waals surface area contributed by atoms with Gasteiger partial charge < -0.3 is 10.4 Å². The van der Waals surface area contributed by atoms with E-state index in [2.05, 4.69) is 32.3 Å². The van der Waals surface area contributed by atoms with E-state index in [0.717, 1.165) is 56.5 Å². The zero-order valence-corrected chi connectivity index (χ0v) is 41.8. The van der Waals surface area contributed by atoms with Crippen molar-refractivity contribution in [1.29, 1.82) is 0 Å². The Morgan fingerprint density at radius 3 is 2.08 bits per heavy atom. The Hall–Kier alpha value is -6.27. The second kappa shape index (κ2) is 19.1. The van der Waals surface area contributed by atoms with E-state index in [1.165, 1.54) is 13.8 Å². The summed E-state index contributed by atoms with van der Waals surface area (Å²) in [5.74, 6) is -11.5. The number of pyridine rings is 1. The number of hydrogen-bond donors (Lipinski definition) is 2. The Kier molecular flexibility index (Phi) is 14.3. The number of fused-ring (bicyclic) bond motifs is 2. The average molecular weight is 1110 g/mol. The first-order valence-electron chi connectivity index (χ1n) is 22.0. The number of halogens is 11. The third-order valence-electron chi connectivity index (χ3n) is 13.0. The Morgan fingerprint density at radius 1 is 0.919 bits per heavy atom. The van der Waals surface area contributed by atoms with Gasteiger partial charge >= 0.3 is 18.3 Å². The minimum Gasteiger partial charge on any atom is -0.481 e. The number of hydrogen-bond acceptors (Lipinski definition) is 10. The van der Waals surface area contributed by atoms with Gasteiger partial charge in [-0.2, -0.15) is 49.6 Å². The second-order valence-electron chi connectivity index (χ2n) is 18.7. The van der Waals surface area contributed by atoms with Crippen LogP contribution in [0.4, 0.5) is 49.7 Å². The van der Waals surface area contributed by atoms with Crippen LogP contribution in [0.3, 0.4) is 0 Å². The zero-order chi connectivity index (χ0) is 55.2. The van der Waals surface area contributed by atoms with Gasteiger partial charge in [0.1, 0.15) is 40.9 Å². The van der Waals surface area contributed by atoms with Crippen molar-refractivity contribution in [2.45, 2.75) is 95.0 Å². The van der Waals surface area contributed by atoms with E-state index < -0.39 is 166 Å². The van der Waals surface area contributed by atoms with Gasteiger partial charge in [-0.3, -0.25) is 23.7 Å². The molecule has 398 valence electrons. The molecule has 1 saturated carbocycles. The highest BCUT2D eigenvalue weighted by molar-refractivity contribution is 7.93. The van der Waals surface area contributed by atoms with Crippen LogP contribution in [0.2, 0.25) is 5.02 Å². The summed E-state index contributed by atoms with van der Waals surface area (Å²) in [7, 11) is -8.75. The van der Waals surface area contributed by atoms with E-state index in [1.54, 1.807) is 0 Å². The molecule has 0 aliphatic heterocycles. The highest BCUT2D eigenvalue weighted by Gasteiger charge is 2.57. The van der Waals surface area contributed by atoms with Crippen LogP contribution < -0.4 is 9.62 Å². The molecule has 3 aromatic heterocycles. The van der Waals surface area contributed by atoms with E-state index in [0.29, 0.717) is 12.3 Å². The van der Waals surface area contributed by atoms with Crippen molar-refractivity contribution in [3.63, 3.8) is 0 Å². The standard InChI is InChI=1S/C46H42ClF10N7O8S2/c1-21-22(2)45(53,54)39-34(21)38(46(55,56)57)60-62(39)19-33(65)59-32(15-23-13-26(48)18-27(49)14-23)36-29(8-7-28(58-36)11-12-43(3,4)73(5,69)70)30-9-10-31(47)35-37(30)63(20-44(50,51)52)61-40(35)64(74(6,71)72)41(66)24-16-25(17-24)42(67)68/h7-10,13-14,18,21-22,24-25,32H,15-17,19-20H2,1-6H3,(H,59,65)(H,67,68)/t21-,22+,24-,25-,32-/m0/s1. The fraction of sp³-hybridized carbons (Fsp3) is 0.435. The molecule has 28 heteroatoms. The van der Waals surface area contributed by atoms with E-state index in [4.69, 9.17) is 11.6 Å². The number of sulfone groups is 1. The first-order valence-corrected chi connectivity index (χ1v) is 26.1. The number of anilines is 1. The van der Waals surface area contributed by atoms with Gasteiger partial charge in [-0.15, -0.1) is 0 Å². The maximum absolute atomic E-state index is 15.8. The molecule has 0 radical (unpaired) electrons. The van der Waals surface area contributed by atoms with Crippen LogP contribution in [0, 0.1) is 41.2 Å². The van der Waals surface area contributed by atoms with Gasteiger partial charge in [0.15, 0.2) is 21.3 Å². The lowest BCUT2D eigenvalue weighted by Gasteiger charge is -2.33. The Balaban J connectivity index is 1.49. The van der Waals surface area contributed by atoms with Crippen molar-refractivity contribution in [1.82, 2.24) is 29.9 Å². The van der Waals surface area contributed by atoms with Gasteiger partial charge in [-0.25, -0.2) is 30.6 Å². The number of carboxylic acids is 1. The third-order valence-corrected chi connectivity index (χ3v) is 16.3. The number of nitrogens with zero attached hydrogens (tertiary/aromatic N) is 6. The lowest BCUT2D eigenvalue weighted by atomic mass is 9.74. The van der Waals surface area contributed by atoms with Crippen molar-refractivity contribution in [3.05, 3.63) is 93.0 Å². The lowest BCUT2D eigenvalue weighted by Crippen LogP contribution is -2.46. The quantitative estimate of drug-likeness (QED) is 0.0848. The predicted octanol–water partition coefficient (Wildman–Crippen LogP) is 8.33. The fourth-order valence-electron chi connectivity index (χ4n) is 8.78. The molecule has 1 fully saturated rings. The number of aliphatic carboxylic acids is 1. The number of amides is 2. The number of carbonyl (C=O) groups is 3. The fourth-order valence-corrected chi connectivity index (χ4v) is 10.2. The first-order chi connectivity index (χ1) is 33.9. The summed E-state index contributed by atoms with van der Waals surface area (Å²) < 4.78 is 199. The van der Waals surface area contributed by atoms with Gasteiger partial charge in [0, 0.05) is 40.8 Å². The van der Waals surface area contributed by atoms with Gasteiger partial charge in [-0.1, -0.05) is 37.4 Å². The monoisotopic (exact) mass is 1110 g/mol. The highest BCUT2D eigenvalue weighted by atomic mass is 35.5. The van der Waals surface area contributed by atoms with E-state index in [-0.39, 0.29) is 48.9 Å². The summed E-state index contributed by atoms with van der Waals surface area (Å²) in [5.41, 5.74) is -6.21. The van der Waals surface area contributed by atoms with Crippen LogP contribution in [0.5, 0.6) is 0 Å². The molecule has 0 unspecified atom stereocenters. The summed E-state index contributed by atoms with van der Waals surface area (Å²) in [5, 5.41) is 18.1. The Bertz CT molecular complexity index is 3420. The number of aromatic nitrogens is 5. The van der Waals surface area contributed by atoms with Gasteiger partial charge in [0.25, 0.3) is 5.92 Å². The number of benzene rings is 2. The van der Waals surface area contributed by atoms with Crippen LogP contribution in [0.15, 0.2) is 42.5 Å². The van der Waals surface area contributed by atoms with Crippen LogP contribution >= 0.6 is 11.6 Å². The molecular weight excluding hydrogens is 1070 g/mol. The third kappa shape index (κ3) is 10.8. The molecule has 2 aromatic carbocycles. The summed E-state index contributed by atoms with van der Waals surface area (Å²) in [6.45, 7) is 1.24. The minimum atomic E-state index is -5.27. The molecule has 74 heavy (non-hydrogen) atoms. The molecule has 15 nitrogen and oxygen atoms in total. The number of nitrogens with one attached hydrogen (secondary N) is 1. The lowest BCUT2D eigenvalue weighted by molar-refractivity contribution is -0.148. The molecule has 0 spiro atoms. The minimum absolute atomic E-state index is 0.0881. The van der Waals surface area contributed by atoms with Crippen molar-refractivity contribution in [2.24, 2.45) is 17.8 Å². The molecule has 2 amide bonds. The molecule has 2 aliphatic rings. The van der Waals surface area contributed by atoms with E-state index in [9.17, 15) is 71.4 Å². The van der Waals surface area contributed by atoms with Crippen molar-refractivity contribution in [3.8, 4) is 23.0 Å². The topological polar surface area (TPSA) is 204 Å². The summed E-state index contributed by atoms with van der Waals surface area (Å²) in [4.78, 5) is 44.3. The molecule has 7 rings (SSSR count). The largest absolute Gasteiger partial charge is 0.481 e. The normalized spacial score (nSPS) is 19.3. The molecule has 2 aliphatic carbocycles. The van der Waals surface area contributed by atoms with Crippen LogP contribution in [-0.2, 0) is 65.9 Å². The average Bonchev–Trinajstić information content (AvgIpc) is 3.84. The molecule has 0 saturated heterocycles. The van der Waals surface area contributed by atoms with Crippen LogP contribution in [0.25, 0.3) is 22.0 Å².